The quantitative estimate of drug-likeness (QED) is 0.771. The van der Waals surface area contributed by atoms with Crippen LogP contribution in [0.1, 0.15) is 43.7 Å². The van der Waals surface area contributed by atoms with Crippen molar-refractivity contribution in [3.8, 4) is 5.75 Å². The van der Waals surface area contributed by atoms with Gasteiger partial charge in [0.05, 0.1) is 4.88 Å². The first-order valence-corrected chi connectivity index (χ1v) is 7.96. The van der Waals surface area contributed by atoms with Gasteiger partial charge in [0.15, 0.2) is 4.47 Å². The van der Waals surface area contributed by atoms with Crippen LogP contribution in [0.3, 0.4) is 0 Å². The van der Waals surface area contributed by atoms with E-state index in [1.165, 1.54) is 22.5 Å². The number of aromatic nitrogens is 1. The number of halogens is 1. The van der Waals surface area contributed by atoms with Crippen LogP contribution in [0, 0.1) is 0 Å². The largest absolute Gasteiger partial charge is 0.488 e. The molecule has 0 saturated heterocycles. The van der Waals surface area contributed by atoms with Gasteiger partial charge in [-0.15, -0.1) is 11.3 Å². The fourth-order valence-electron chi connectivity index (χ4n) is 2.01. The second kappa shape index (κ2) is 6.15. The maximum atomic E-state index is 5.97. The van der Waals surface area contributed by atoms with E-state index in [0.29, 0.717) is 11.1 Å². The third-order valence-corrected chi connectivity index (χ3v) is 4.24. The van der Waals surface area contributed by atoms with E-state index in [4.69, 9.17) is 16.3 Å². The molecule has 1 heterocycles. The summed E-state index contributed by atoms with van der Waals surface area (Å²) in [6.07, 6.45) is 2.80. The number of ether oxygens (including phenoxy) is 1. The first-order valence-electron chi connectivity index (χ1n) is 6.76. The Kier molecular flexibility index (Phi) is 4.71. The van der Waals surface area contributed by atoms with Gasteiger partial charge in [-0.1, -0.05) is 51.4 Å². The SMILES string of the molecule is CCc1ccc(OCc2cnc(Cl)s2)c(C(C)(C)C)c1. The molecular formula is C16H20ClNOS. The maximum Gasteiger partial charge on any atom is 0.183 e. The van der Waals surface area contributed by atoms with E-state index < -0.39 is 0 Å². The van der Waals surface area contributed by atoms with Crippen molar-refractivity contribution in [1.29, 1.82) is 0 Å². The lowest BCUT2D eigenvalue weighted by Gasteiger charge is -2.23. The summed E-state index contributed by atoms with van der Waals surface area (Å²) in [7, 11) is 0. The highest BCUT2D eigenvalue weighted by Gasteiger charge is 2.19. The molecule has 0 bridgehead atoms. The molecule has 0 aliphatic carbocycles. The molecule has 0 spiro atoms. The molecule has 1 aromatic carbocycles. The minimum Gasteiger partial charge on any atom is -0.488 e. The Bertz CT molecular complexity index is 586. The molecule has 0 unspecified atom stereocenters. The molecule has 2 rings (SSSR count). The Morgan fingerprint density at radius 3 is 2.60 bits per heavy atom. The molecule has 0 aliphatic heterocycles. The molecule has 20 heavy (non-hydrogen) atoms. The third-order valence-electron chi connectivity index (χ3n) is 3.16. The van der Waals surface area contributed by atoms with Gasteiger partial charge in [0.25, 0.3) is 0 Å². The summed E-state index contributed by atoms with van der Waals surface area (Å²) in [6, 6.07) is 6.45. The van der Waals surface area contributed by atoms with Crippen LogP contribution in [0.15, 0.2) is 24.4 Å². The average molecular weight is 310 g/mol. The van der Waals surface area contributed by atoms with E-state index in [2.05, 4.69) is 50.9 Å². The monoisotopic (exact) mass is 309 g/mol. The van der Waals surface area contributed by atoms with Crippen molar-refractivity contribution in [2.45, 2.75) is 46.1 Å². The summed E-state index contributed by atoms with van der Waals surface area (Å²) in [5, 5.41) is 0. The molecule has 2 aromatic rings. The molecule has 0 N–H and O–H groups in total. The highest BCUT2D eigenvalue weighted by molar-refractivity contribution is 7.15. The van der Waals surface area contributed by atoms with E-state index in [-0.39, 0.29) is 5.41 Å². The smallest absolute Gasteiger partial charge is 0.183 e. The number of rotatable bonds is 4. The Labute approximate surface area is 129 Å². The van der Waals surface area contributed by atoms with E-state index in [0.717, 1.165) is 17.0 Å². The van der Waals surface area contributed by atoms with Crippen LogP contribution in [0.5, 0.6) is 5.75 Å². The Balaban J connectivity index is 2.22. The lowest BCUT2D eigenvalue weighted by atomic mass is 9.85. The fraction of sp³-hybridized carbons (Fsp3) is 0.438. The molecule has 108 valence electrons. The van der Waals surface area contributed by atoms with Crippen molar-refractivity contribution in [2.24, 2.45) is 0 Å². The number of aryl methyl sites for hydroxylation is 1. The number of nitrogens with zero attached hydrogens (tertiary/aromatic N) is 1. The van der Waals surface area contributed by atoms with Crippen molar-refractivity contribution < 1.29 is 4.74 Å². The van der Waals surface area contributed by atoms with E-state index in [1.54, 1.807) is 6.20 Å². The van der Waals surface area contributed by atoms with Gasteiger partial charge in [-0.05, 0) is 29.0 Å². The van der Waals surface area contributed by atoms with Gasteiger partial charge in [0, 0.05) is 6.20 Å². The Morgan fingerprint density at radius 2 is 2.05 bits per heavy atom. The van der Waals surface area contributed by atoms with Gasteiger partial charge in [-0.25, -0.2) is 4.98 Å². The second-order valence-corrected chi connectivity index (χ2v) is 7.50. The molecule has 0 atom stereocenters. The second-order valence-electron chi connectivity index (χ2n) is 5.80. The minimum absolute atomic E-state index is 0.0614. The van der Waals surface area contributed by atoms with Gasteiger partial charge in [0.1, 0.15) is 12.4 Å². The summed E-state index contributed by atoms with van der Waals surface area (Å²) in [4.78, 5) is 5.07. The standard InChI is InChI=1S/C16H20ClNOS/c1-5-11-6-7-14(13(8-11)16(2,3)4)19-10-12-9-18-15(17)20-12/h6-9H,5,10H2,1-4H3. The molecule has 0 fully saturated rings. The predicted molar refractivity (Wildman–Crippen MR) is 86.0 cm³/mol. The van der Waals surface area contributed by atoms with Gasteiger partial charge in [0.2, 0.25) is 0 Å². The van der Waals surface area contributed by atoms with Crippen LogP contribution in [-0.4, -0.2) is 4.98 Å². The number of hydrogen-bond donors (Lipinski definition) is 0. The highest BCUT2D eigenvalue weighted by Crippen LogP contribution is 2.33. The molecule has 0 radical (unpaired) electrons. The topological polar surface area (TPSA) is 22.1 Å². The van der Waals surface area contributed by atoms with Crippen molar-refractivity contribution >= 4 is 22.9 Å². The average Bonchev–Trinajstić information content (AvgIpc) is 2.81. The first-order chi connectivity index (χ1) is 9.40. The van der Waals surface area contributed by atoms with Crippen LogP contribution in [0.4, 0.5) is 0 Å². The van der Waals surface area contributed by atoms with Crippen molar-refractivity contribution in [3.05, 3.63) is 44.9 Å². The maximum absolute atomic E-state index is 5.97. The molecule has 1 aromatic heterocycles. The van der Waals surface area contributed by atoms with Crippen molar-refractivity contribution in [2.75, 3.05) is 0 Å². The molecule has 2 nitrogen and oxygen atoms in total. The minimum atomic E-state index is 0.0614. The van der Waals surface area contributed by atoms with Crippen LogP contribution in [0.2, 0.25) is 4.47 Å². The van der Waals surface area contributed by atoms with Crippen molar-refractivity contribution in [3.63, 3.8) is 0 Å². The van der Waals surface area contributed by atoms with Gasteiger partial charge < -0.3 is 4.74 Å². The number of benzene rings is 1. The zero-order valence-corrected chi connectivity index (χ0v) is 13.9. The van der Waals surface area contributed by atoms with E-state index in [1.807, 2.05) is 0 Å². The van der Waals surface area contributed by atoms with Gasteiger partial charge >= 0.3 is 0 Å². The number of hydrogen-bond acceptors (Lipinski definition) is 3. The van der Waals surface area contributed by atoms with Crippen LogP contribution in [0.25, 0.3) is 0 Å². The van der Waals surface area contributed by atoms with Crippen LogP contribution in [-0.2, 0) is 18.4 Å². The lowest BCUT2D eigenvalue weighted by Crippen LogP contribution is -2.14. The highest BCUT2D eigenvalue weighted by atomic mass is 35.5. The van der Waals surface area contributed by atoms with Gasteiger partial charge in [-0.3, -0.25) is 0 Å². The predicted octanol–water partition coefficient (Wildman–Crippen LogP) is 5.24. The summed E-state index contributed by atoms with van der Waals surface area (Å²) in [6.45, 7) is 9.30. The van der Waals surface area contributed by atoms with E-state index in [9.17, 15) is 0 Å². The normalized spacial score (nSPS) is 11.7. The molecule has 0 aliphatic rings. The van der Waals surface area contributed by atoms with Crippen LogP contribution >= 0.6 is 22.9 Å². The first kappa shape index (κ1) is 15.3. The molecule has 0 saturated carbocycles. The molecule has 4 heteroatoms. The zero-order chi connectivity index (χ0) is 14.8. The summed E-state index contributed by atoms with van der Waals surface area (Å²) < 4.78 is 6.53. The third kappa shape index (κ3) is 3.74. The van der Waals surface area contributed by atoms with Crippen molar-refractivity contribution in [1.82, 2.24) is 4.98 Å². The summed E-state index contributed by atoms with van der Waals surface area (Å²) in [5.74, 6) is 0.944. The molecule has 0 amide bonds. The summed E-state index contributed by atoms with van der Waals surface area (Å²) >= 11 is 7.29. The summed E-state index contributed by atoms with van der Waals surface area (Å²) in [5.41, 5.74) is 2.64. The fourth-order valence-corrected chi connectivity index (χ4v) is 2.90. The van der Waals surface area contributed by atoms with E-state index >= 15 is 0 Å². The number of thiazole rings is 1. The Morgan fingerprint density at radius 1 is 1.30 bits per heavy atom. The lowest BCUT2D eigenvalue weighted by molar-refractivity contribution is 0.300. The van der Waals surface area contributed by atoms with Crippen LogP contribution < -0.4 is 4.74 Å². The molecular weight excluding hydrogens is 290 g/mol. The Hall–Kier alpha value is -1.06. The van der Waals surface area contributed by atoms with Gasteiger partial charge in [-0.2, -0.15) is 0 Å². The zero-order valence-electron chi connectivity index (χ0n) is 12.4.